The minimum atomic E-state index is -0.562. The lowest BCUT2D eigenvalue weighted by Gasteiger charge is -2.31. The Bertz CT molecular complexity index is 486. The van der Waals surface area contributed by atoms with Gasteiger partial charge in [-0.2, -0.15) is 0 Å². The van der Waals surface area contributed by atoms with Crippen LogP contribution < -0.4 is 5.73 Å². The number of hydrogen-bond donors (Lipinski definition) is 1. The Balaban J connectivity index is 1.52. The Labute approximate surface area is 118 Å². The molecule has 0 radical (unpaired) electrons. The molecule has 4 nitrogen and oxygen atoms in total. The highest BCUT2D eigenvalue weighted by atomic mass is 16.5. The highest BCUT2D eigenvalue weighted by Gasteiger charge is 2.37. The van der Waals surface area contributed by atoms with Gasteiger partial charge in [0, 0.05) is 0 Å². The van der Waals surface area contributed by atoms with Crippen LogP contribution in [0.15, 0.2) is 42.5 Å². The second-order valence-corrected chi connectivity index (χ2v) is 5.45. The molecule has 0 aliphatic carbocycles. The number of hydrogen-bond acceptors (Lipinski definition) is 4. The summed E-state index contributed by atoms with van der Waals surface area (Å²) in [7, 11) is 0. The smallest absolute Gasteiger partial charge is 0.323 e. The number of ether oxygens (including phenoxy) is 2. The fourth-order valence-corrected chi connectivity index (χ4v) is 2.83. The predicted molar refractivity (Wildman–Crippen MR) is 74.7 cm³/mol. The summed E-state index contributed by atoms with van der Waals surface area (Å²) in [5, 5.41) is 0. The van der Waals surface area contributed by atoms with Crippen molar-refractivity contribution in [1.82, 2.24) is 0 Å². The number of carbonyl (C=O) groups excluding carboxylic acids is 1. The molecule has 2 N–H and O–H groups in total. The molecule has 1 aromatic rings. The molecule has 2 bridgehead atoms. The van der Waals surface area contributed by atoms with Crippen molar-refractivity contribution in [3.63, 3.8) is 0 Å². The molecule has 106 valence electrons. The lowest BCUT2D eigenvalue weighted by molar-refractivity contribution is -0.149. The van der Waals surface area contributed by atoms with Crippen LogP contribution in [0.5, 0.6) is 0 Å². The molecule has 1 fully saturated rings. The van der Waals surface area contributed by atoms with Gasteiger partial charge in [0.25, 0.3) is 0 Å². The van der Waals surface area contributed by atoms with Crippen molar-refractivity contribution >= 4 is 5.97 Å². The maximum atomic E-state index is 12.0. The predicted octanol–water partition coefficient (Wildman–Crippen LogP) is 1.79. The Kier molecular flexibility index (Phi) is 3.85. The number of benzene rings is 1. The van der Waals surface area contributed by atoms with Gasteiger partial charge in [-0.05, 0) is 24.3 Å². The molecule has 3 rings (SSSR count). The van der Waals surface area contributed by atoms with Crippen LogP contribution in [0.25, 0.3) is 0 Å². The zero-order valence-electron chi connectivity index (χ0n) is 11.3. The van der Waals surface area contributed by atoms with Crippen LogP contribution >= 0.6 is 0 Å². The Morgan fingerprint density at radius 1 is 1.25 bits per heavy atom. The zero-order valence-corrected chi connectivity index (χ0v) is 11.3. The number of esters is 1. The molecule has 4 atom stereocenters. The van der Waals surface area contributed by atoms with E-state index in [0.29, 0.717) is 0 Å². The molecule has 1 aromatic carbocycles. The molecule has 4 heteroatoms. The third-order valence-corrected chi connectivity index (χ3v) is 3.96. The summed E-state index contributed by atoms with van der Waals surface area (Å²) in [6, 6.07) is 9.07. The molecule has 0 amide bonds. The quantitative estimate of drug-likeness (QED) is 0.671. The molecule has 1 unspecified atom stereocenters. The van der Waals surface area contributed by atoms with E-state index in [9.17, 15) is 4.79 Å². The second-order valence-electron chi connectivity index (χ2n) is 5.45. The highest BCUT2D eigenvalue weighted by Crippen LogP contribution is 2.32. The Hall–Kier alpha value is -1.65. The third kappa shape index (κ3) is 2.92. The van der Waals surface area contributed by atoms with Gasteiger partial charge in [-0.15, -0.1) is 0 Å². The van der Waals surface area contributed by atoms with E-state index in [2.05, 4.69) is 12.2 Å². The van der Waals surface area contributed by atoms with Crippen molar-refractivity contribution in [2.45, 2.75) is 37.7 Å². The number of carbonyl (C=O) groups is 1. The van der Waals surface area contributed by atoms with Crippen LogP contribution in [0.3, 0.4) is 0 Å². The average Bonchev–Trinajstić information content (AvgIpc) is 2.83. The second kappa shape index (κ2) is 5.77. The summed E-state index contributed by atoms with van der Waals surface area (Å²) in [5.74, 6) is -0.183. The normalized spacial score (nSPS) is 29.1. The van der Waals surface area contributed by atoms with Crippen LogP contribution in [0.4, 0.5) is 0 Å². The largest absolute Gasteiger partial charge is 0.460 e. The summed E-state index contributed by atoms with van der Waals surface area (Å²) in [5.41, 5.74) is 7.02. The minimum absolute atomic E-state index is 0.117. The molecule has 0 saturated carbocycles. The van der Waals surface area contributed by atoms with Gasteiger partial charge in [0.15, 0.2) is 0 Å². The molecule has 2 aliphatic heterocycles. The Morgan fingerprint density at radius 2 is 1.90 bits per heavy atom. The van der Waals surface area contributed by atoms with Crippen molar-refractivity contribution in [2.24, 2.45) is 11.7 Å². The van der Waals surface area contributed by atoms with Crippen molar-refractivity contribution in [1.29, 1.82) is 0 Å². The first-order chi connectivity index (χ1) is 9.72. The van der Waals surface area contributed by atoms with Crippen molar-refractivity contribution < 1.29 is 14.3 Å². The lowest BCUT2D eigenvalue weighted by Crippen LogP contribution is -2.44. The average molecular weight is 273 g/mol. The van der Waals surface area contributed by atoms with Crippen LogP contribution in [0.2, 0.25) is 0 Å². The lowest BCUT2D eigenvalue weighted by atomic mass is 9.88. The van der Waals surface area contributed by atoms with E-state index in [-0.39, 0.29) is 30.7 Å². The fraction of sp³-hybridized carbons (Fsp3) is 0.438. The monoisotopic (exact) mass is 273 g/mol. The highest BCUT2D eigenvalue weighted by molar-refractivity contribution is 5.76. The third-order valence-electron chi connectivity index (χ3n) is 3.96. The number of nitrogens with two attached hydrogens (primary N) is 1. The Morgan fingerprint density at radius 3 is 2.55 bits per heavy atom. The van der Waals surface area contributed by atoms with Gasteiger partial charge in [0.2, 0.25) is 0 Å². The van der Waals surface area contributed by atoms with Crippen molar-refractivity contribution in [2.75, 3.05) is 0 Å². The van der Waals surface area contributed by atoms with E-state index in [0.717, 1.165) is 18.4 Å². The summed E-state index contributed by atoms with van der Waals surface area (Å²) in [6.45, 7) is 0.279. The molecular weight excluding hydrogens is 254 g/mol. The summed E-state index contributed by atoms with van der Waals surface area (Å²) in [6.07, 6.45) is 5.96. The van der Waals surface area contributed by atoms with E-state index >= 15 is 0 Å². The van der Waals surface area contributed by atoms with Crippen LogP contribution in [-0.4, -0.2) is 24.2 Å². The van der Waals surface area contributed by atoms with Gasteiger partial charge in [0.1, 0.15) is 12.6 Å². The molecule has 0 aromatic heterocycles. The molecule has 2 aliphatic rings. The molecule has 1 saturated heterocycles. The van der Waals surface area contributed by atoms with E-state index in [1.165, 1.54) is 0 Å². The van der Waals surface area contributed by atoms with Crippen LogP contribution in [-0.2, 0) is 20.9 Å². The van der Waals surface area contributed by atoms with Gasteiger partial charge < -0.3 is 15.2 Å². The van der Waals surface area contributed by atoms with Gasteiger partial charge in [-0.25, -0.2) is 0 Å². The molecule has 20 heavy (non-hydrogen) atoms. The maximum absolute atomic E-state index is 12.0. The molecular formula is C16H19NO3. The van der Waals surface area contributed by atoms with Crippen LogP contribution in [0.1, 0.15) is 18.4 Å². The van der Waals surface area contributed by atoms with Crippen LogP contribution in [0, 0.1) is 5.92 Å². The first-order valence-corrected chi connectivity index (χ1v) is 7.02. The number of fused-ring (bicyclic) bond motifs is 2. The summed E-state index contributed by atoms with van der Waals surface area (Å²) in [4.78, 5) is 12.0. The van der Waals surface area contributed by atoms with E-state index < -0.39 is 6.04 Å². The fourth-order valence-electron chi connectivity index (χ4n) is 2.83. The minimum Gasteiger partial charge on any atom is -0.460 e. The van der Waals surface area contributed by atoms with Crippen molar-refractivity contribution in [3.8, 4) is 0 Å². The maximum Gasteiger partial charge on any atom is 0.323 e. The SMILES string of the molecule is N[C@@H](C(=O)OCc1ccccc1)C1C[C@H]2C=C[C@@H](C1)O2. The zero-order chi connectivity index (χ0) is 13.9. The van der Waals surface area contributed by atoms with Gasteiger partial charge in [-0.1, -0.05) is 42.5 Å². The number of rotatable bonds is 4. The molecule has 0 spiro atoms. The van der Waals surface area contributed by atoms with Gasteiger partial charge in [-0.3, -0.25) is 4.79 Å². The van der Waals surface area contributed by atoms with E-state index in [1.54, 1.807) is 0 Å². The standard InChI is InChI=1S/C16H19NO3/c17-15(12-8-13-6-7-14(9-12)20-13)16(18)19-10-11-4-2-1-3-5-11/h1-7,12-15H,8-10,17H2/t12?,13-,14+,15-/m1/s1. The van der Waals surface area contributed by atoms with E-state index in [4.69, 9.17) is 15.2 Å². The first kappa shape index (κ1) is 13.3. The summed E-state index contributed by atoms with van der Waals surface area (Å²) < 4.78 is 11.0. The van der Waals surface area contributed by atoms with Crippen molar-refractivity contribution in [3.05, 3.63) is 48.0 Å². The van der Waals surface area contributed by atoms with E-state index in [1.807, 2.05) is 30.3 Å². The molecule has 2 heterocycles. The van der Waals surface area contributed by atoms with Gasteiger partial charge >= 0.3 is 5.97 Å². The topological polar surface area (TPSA) is 61.6 Å². The summed E-state index contributed by atoms with van der Waals surface area (Å²) >= 11 is 0. The van der Waals surface area contributed by atoms with Gasteiger partial charge in [0.05, 0.1) is 12.2 Å². The first-order valence-electron chi connectivity index (χ1n) is 7.02.